The maximum absolute atomic E-state index is 12.1. The van der Waals surface area contributed by atoms with Crippen LogP contribution in [0.15, 0.2) is 11.8 Å². The third-order valence-electron chi connectivity index (χ3n) is 5.64. The molecule has 0 spiro atoms. The molecule has 0 radical (unpaired) electrons. The molecule has 0 saturated heterocycles. The summed E-state index contributed by atoms with van der Waals surface area (Å²) in [5.74, 6) is -1.58. The van der Waals surface area contributed by atoms with Crippen molar-refractivity contribution in [1.29, 1.82) is 0 Å². The van der Waals surface area contributed by atoms with Crippen LogP contribution in [-0.4, -0.2) is 28.3 Å². The summed E-state index contributed by atoms with van der Waals surface area (Å²) in [6.45, 7) is 4.41. The number of esters is 1. The number of aliphatic carboxylic acids is 1. The van der Waals surface area contributed by atoms with Crippen LogP contribution in [0.25, 0.3) is 0 Å². The molecule has 0 aliphatic heterocycles. The minimum absolute atomic E-state index is 0.0259. The fraction of sp³-hybridized carbons (Fsp3) is 0.846. The van der Waals surface area contributed by atoms with Gasteiger partial charge in [0.25, 0.3) is 0 Å². The van der Waals surface area contributed by atoms with E-state index in [9.17, 15) is 14.7 Å². The molecule has 1 unspecified atom stereocenters. The SMILES string of the molecule is CCCCCCCCCCC/C(O)=C\C(=O)OC(CCCCCCCCC)CC(=O)O. The Kier molecular flexibility index (Phi) is 20.6. The molecule has 0 aromatic rings. The van der Waals surface area contributed by atoms with Crippen molar-refractivity contribution < 1.29 is 24.5 Å². The number of aliphatic hydroxyl groups excluding tert-OH is 1. The van der Waals surface area contributed by atoms with Crippen molar-refractivity contribution in [1.82, 2.24) is 0 Å². The molecule has 0 aromatic heterocycles. The first-order valence-electron chi connectivity index (χ1n) is 12.8. The van der Waals surface area contributed by atoms with Crippen LogP contribution in [0.5, 0.6) is 0 Å². The van der Waals surface area contributed by atoms with Crippen LogP contribution < -0.4 is 0 Å². The van der Waals surface area contributed by atoms with Crippen LogP contribution >= 0.6 is 0 Å². The van der Waals surface area contributed by atoms with E-state index in [1.807, 2.05) is 0 Å². The average molecular weight is 441 g/mol. The summed E-state index contributed by atoms with van der Waals surface area (Å²) in [5.41, 5.74) is 0. The second-order valence-corrected chi connectivity index (χ2v) is 8.78. The minimum atomic E-state index is -0.969. The number of carbonyl (C=O) groups excluding carboxylic acids is 1. The Bertz CT molecular complexity index is 472. The number of hydrogen-bond donors (Lipinski definition) is 2. The third kappa shape index (κ3) is 21.5. The topological polar surface area (TPSA) is 83.8 Å². The number of rotatable bonds is 22. The van der Waals surface area contributed by atoms with Gasteiger partial charge < -0.3 is 14.9 Å². The van der Waals surface area contributed by atoms with E-state index >= 15 is 0 Å². The first kappa shape index (κ1) is 29.5. The summed E-state index contributed by atoms with van der Waals surface area (Å²) in [5, 5.41) is 19.0. The van der Waals surface area contributed by atoms with Gasteiger partial charge in [0.2, 0.25) is 0 Å². The lowest BCUT2D eigenvalue weighted by molar-refractivity contribution is -0.148. The highest BCUT2D eigenvalue weighted by Crippen LogP contribution is 2.15. The van der Waals surface area contributed by atoms with Crippen molar-refractivity contribution in [3.05, 3.63) is 11.8 Å². The zero-order valence-corrected chi connectivity index (χ0v) is 20.2. The van der Waals surface area contributed by atoms with Gasteiger partial charge in [-0.25, -0.2) is 4.79 Å². The Labute approximate surface area is 190 Å². The van der Waals surface area contributed by atoms with Crippen molar-refractivity contribution in [3.8, 4) is 0 Å². The number of hydrogen-bond acceptors (Lipinski definition) is 4. The minimum Gasteiger partial charge on any atom is -0.512 e. The highest BCUT2D eigenvalue weighted by atomic mass is 16.5. The van der Waals surface area contributed by atoms with Crippen LogP contribution in [0.1, 0.15) is 136 Å². The molecule has 182 valence electrons. The molecule has 0 heterocycles. The van der Waals surface area contributed by atoms with E-state index < -0.39 is 18.0 Å². The van der Waals surface area contributed by atoms with Gasteiger partial charge in [0.1, 0.15) is 6.10 Å². The summed E-state index contributed by atoms with van der Waals surface area (Å²) in [6.07, 6.45) is 20.0. The summed E-state index contributed by atoms with van der Waals surface area (Å²) in [6, 6.07) is 0. The molecule has 0 aliphatic rings. The van der Waals surface area contributed by atoms with Gasteiger partial charge >= 0.3 is 11.9 Å². The molecule has 5 heteroatoms. The highest BCUT2D eigenvalue weighted by molar-refractivity contribution is 5.82. The summed E-state index contributed by atoms with van der Waals surface area (Å²) in [4.78, 5) is 23.1. The van der Waals surface area contributed by atoms with E-state index in [2.05, 4.69) is 13.8 Å². The van der Waals surface area contributed by atoms with Crippen LogP contribution in [0.2, 0.25) is 0 Å². The lowest BCUT2D eigenvalue weighted by Gasteiger charge is -2.15. The van der Waals surface area contributed by atoms with Crippen LogP contribution in [-0.2, 0) is 14.3 Å². The number of allylic oxidation sites excluding steroid dienone is 1. The van der Waals surface area contributed by atoms with Crippen molar-refractivity contribution in [2.24, 2.45) is 0 Å². The molecule has 2 N–H and O–H groups in total. The Balaban J connectivity index is 4.03. The zero-order chi connectivity index (χ0) is 23.2. The molecule has 31 heavy (non-hydrogen) atoms. The maximum Gasteiger partial charge on any atom is 0.334 e. The molecule has 0 bridgehead atoms. The second kappa shape index (κ2) is 21.7. The summed E-state index contributed by atoms with van der Waals surface area (Å²) in [7, 11) is 0. The fourth-order valence-corrected chi connectivity index (χ4v) is 3.75. The normalized spacial score (nSPS) is 12.6. The van der Waals surface area contributed by atoms with Gasteiger partial charge in [-0.1, -0.05) is 104 Å². The van der Waals surface area contributed by atoms with E-state index in [1.54, 1.807) is 0 Å². The zero-order valence-electron chi connectivity index (χ0n) is 20.2. The first-order valence-corrected chi connectivity index (χ1v) is 12.8. The van der Waals surface area contributed by atoms with Crippen molar-refractivity contribution in [2.75, 3.05) is 0 Å². The molecular weight excluding hydrogens is 392 g/mol. The monoisotopic (exact) mass is 440 g/mol. The van der Waals surface area contributed by atoms with Crippen LogP contribution in [0.4, 0.5) is 0 Å². The molecule has 1 atom stereocenters. The predicted molar refractivity (Wildman–Crippen MR) is 127 cm³/mol. The lowest BCUT2D eigenvalue weighted by Crippen LogP contribution is -2.21. The fourth-order valence-electron chi connectivity index (χ4n) is 3.75. The van der Waals surface area contributed by atoms with E-state index in [0.717, 1.165) is 44.6 Å². The number of unbranched alkanes of at least 4 members (excludes halogenated alkanes) is 14. The summed E-state index contributed by atoms with van der Waals surface area (Å²) < 4.78 is 5.31. The average Bonchev–Trinajstić information content (AvgIpc) is 2.71. The molecule has 0 rings (SSSR count). The molecule has 0 saturated carbocycles. The van der Waals surface area contributed by atoms with Gasteiger partial charge in [0.15, 0.2) is 0 Å². The molecular formula is C26H48O5. The van der Waals surface area contributed by atoms with E-state index in [-0.39, 0.29) is 12.2 Å². The Morgan fingerprint density at radius 1 is 0.710 bits per heavy atom. The molecule has 0 aromatic carbocycles. The highest BCUT2D eigenvalue weighted by Gasteiger charge is 2.17. The van der Waals surface area contributed by atoms with Crippen LogP contribution in [0.3, 0.4) is 0 Å². The van der Waals surface area contributed by atoms with E-state index in [0.29, 0.717) is 12.8 Å². The van der Waals surface area contributed by atoms with E-state index in [4.69, 9.17) is 9.84 Å². The smallest absolute Gasteiger partial charge is 0.334 e. The van der Waals surface area contributed by atoms with Crippen molar-refractivity contribution >= 4 is 11.9 Å². The number of ether oxygens (including phenoxy) is 1. The number of carboxylic acids is 1. The lowest BCUT2D eigenvalue weighted by atomic mass is 10.0. The van der Waals surface area contributed by atoms with Gasteiger partial charge in [-0.2, -0.15) is 0 Å². The second-order valence-electron chi connectivity index (χ2n) is 8.78. The van der Waals surface area contributed by atoms with Gasteiger partial charge in [-0.15, -0.1) is 0 Å². The first-order chi connectivity index (χ1) is 15.0. The molecule has 0 amide bonds. The van der Waals surface area contributed by atoms with Crippen LogP contribution in [0, 0.1) is 0 Å². The molecule has 5 nitrogen and oxygen atoms in total. The van der Waals surface area contributed by atoms with Gasteiger partial charge in [-0.3, -0.25) is 4.79 Å². The van der Waals surface area contributed by atoms with E-state index in [1.165, 1.54) is 64.2 Å². The largest absolute Gasteiger partial charge is 0.512 e. The number of carboxylic acid groups (broad SMARTS) is 1. The Morgan fingerprint density at radius 2 is 1.16 bits per heavy atom. The summed E-state index contributed by atoms with van der Waals surface area (Å²) >= 11 is 0. The standard InChI is InChI=1S/C26H48O5/c1-3-5-7-9-11-12-14-15-17-19-23(27)21-26(30)31-24(22-25(28)29)20-18-16-13-10-8-6-4-2/h21,24,27H,3-20,22H2,1-2H3,(H,28,29)/b23-21+. The molecule has 0 aliphatic carbocycles. The van der Waals surface area contributed by atoms with Crippen molar-refractivity contribution in [3.63, 3.8) is 0 Å². The Hall–Kier alpha value is -1.52. The van der Waals surface area contributed by atoms with Gasteiger partial charge in [0.05, 0.1) is 18.3 Å². The quantitative estimate of drug-likeness (QED) is 0.0774. The number of carbonyl (C=O) groups is 2. The van der Waals surface area contributed by atoms with Gasteiger partial charge in [-0.05, 0) is 19.3 Å². The Morgan fingerprint density at radius 3 is 1.65 bits per heavy atom. The molecule has 0 fully saturated rings. The number of aliphatic hydroxyl groups is 1. The maximum atomic E-state index is 12.1. The third-order valence-corrected chi connectivity index (χ3v) is 5.64. The van der Waals surface area contributed by atoms with Crippen molar-refractivity contribution in [2.45, 2.75) is 142 Å². The van der Waals surface area contributed by atoms with Gasteiger partial charge in [0, 0.05) is 6.42 Å². The predicted octanol–water partition coefficient (Wildman–Crippen LogP) is 7.88.